The van der Waals surface area contributed by atoms with Gasteiger partial charge in [-0.05, 0) is 19.3 Å². The monoisotopic (exact) mass is 316 g/mol. The summed E-state index contributed by atoms with van der Waals surface area (Å²) in [6, 6.07) is -0.636. The van der Waals surface area contributed by atoms with Gasteiger partial charge in [0.1, 0.15) is 0 Å². The molecule has 2 rings (SSSR count). The van der Waals surface area contributed by atoms with Gasteiger partial charge in [-0.25, -0.2) is 0 Å². The van der Waals surface area contributed by atoms with E-state index >= 15 is 0 Å². The molecule has 1 saturated carbocycles. The Kier molecular flexibility index (Phi) is 4.93. The Labute approximate surface area is 116 Å². The fraction of sp³-hybridized carbons (Fsp3) is 1.00. The number of halogens is 3. The van der Waals surface area contributed by atoms with Crippen LogP contribution in [0, 0.1) is 5.92 Å². The second kappa shape index (κ2) is 6.17. The van der Waals surface area contributed by atoms with Gasteiger partial charge in [0.25, 0.3) is 10.2 Å². The molecule has 1 saturated heterocycles. The minimum Gasteiger partial charge on any atom is -0.379 e. The van der Waals surface area contributed by atoms with Gasteiger partial charge in [0.05, 0.1) is 19.1 Å². The molecule has 0 bridgehead atoms. The normalized spacial score (nSPS) is 30.4. The van der Waals surface area contributed by atoms with Crippen LogP contribution >= 0.6 is 0 Å². The molecule has 0 aromatic carbocycles. The first-order chi connectivity index (χ1) is 9.29. The van der Waals surface area contributed by atoms with Gasteiger partial charge in [-0.1, -0.05) is 6.42 Å². The van der Waals surface area contributed by atoms with E-state index in [9.17, 15) is 21.6 Å². The number of nitrogens with one attached hydrogen (secondary N) is 1. The van der Waals surface area contributed by atoms with Crippen LogP contribution in [0.25, 0.3) is 0 Å². The number of morpholine rings is 1. The number of ether oxygens (including phenoxy) is 1. The molecule has 1 aliphatic heterocycles. The molecule has 2 atom stereocenters. The fourth-order valence-corrected chi connectivity index (χ4v) is 4.08. The second-order valence-electron chi connectivity index (χ2n) is 5.24. The molecular weight excluding hydrogens is 297 g/mol. The summed E-state index contributed by atoms with van der Waals surface area (Å²) < 4.78 is 71.0. The lowest BCUT2D eigenvalue weighted by Crippen LogP contribution is -2.51. The minimum atomic E-state index is -4.25. The smallest absolute Gasteiger partial charge is 0.379 e. The van der Waals surface area contributed by atoms with E-state index < -0.39 is 28.3 Å². The summed E-state index contributed by atoms with van der Waals surface area (Å²) in [5.74, 6) is -1.41. The molecule has 0 unspecified atom stereocenters. The Hall–Kier alpha value is -0.380. The predicted octanol–water partition coefficient (Wildman–Crippen LogP) is 1.27. The van der Waals surface area contributed by atoms with Crippen LogP contribution in [-0.4, -0.2) is 51.2 Å². The molecule has 9 heteroatoms. The van der Waals surface area contributed by atoms with Crippen LogP contribution in [0.4, 0.5) is 13.2 Å². The van der Waals surface area contributed by atoms with Crippen LogP contribution in [0.3, 0.4) is 0 Å². The highest BCUT2D eigenvalue weighted by Gasteiger charge is 2.43. The molecule has 0 spiro atoms. The SMILES string of the molecule is O=S(=O)(N[C@H]1CCC[C@H](C(F)(F)F)C1)N1CCOCC1. The van der Waals surface area contributed by atoms with E-state index in [1.165, 1.54) is 4.31 Å². The lowest BCUT2D eigenvalue weighted by Gasteiger charge is -2.33. The Balaban J connectivity index is 1.94. The first-order valence-corrected chi connectivity index (χ1v) is 8.15. The van der Waals surface area contributed by atoms with Crippen LogP contribution < -0.4 is 4.72 Å². The van der Waals surface area contributed by atoms with Crippen molar-refractivity contribution in [3.05, 3.63) is 0 Å². The zero-order valence-corrected chi connectivity index (χ0v) is 11.8. The van der Waals surface area contributed by atoms with Crippen molar-refractivity contribution in [3.8, 4) is 0 Å². The summed E-state index contributed by atoms with van der Waals surface area (Å²) in [5.41, 5.74) is 0. The van der Waals surface area contributed by atoms with Crippen LogP contribution in [0.1, 0.15) is 25.7 Å². The van der Waals surface area contributed by atoms with E-state index in [2.05, 4.69) is 4.72 Å². The molecule has 118 valence electrons. The largest absolute Gasteiger partial charge is 0.391 e. The van der Waals surface area contributed by atoms with Gasteiger partial charge in [0.2, 0.25) is 0 Å². The molecule has 20 heavy (non-hydrogen) atoms. The summed E-state index contributed by atoms with van der Waals surface area (Å²) in [6.07, 6.45) is -3.49. The van der Waals surface area contributed by atoms with Crippen LogP contribution in [0.15, 0.2) is 0 Å². The zero-order valence-electron chi connectivity index (χ0n) is 11.0. The Bertz CT molecular complexity index is 421. The first kappa shape index (κ1) is 16.0. The Morgan fingerprint density at radius 1 is 1.15 bits per heavy atom. The van der Waals surface area contributed by atoms with Crippen molar-refractivity contribution in [1.29, 1.82) is 0 Å². The number of rotatable bonds is 3. The van der Waals surface area contributed by atoms with E-state index in [0.29, 0.717) is 26.1 Å². The third kappa shape index (κ3) is 4.06. The summed E-state index contributed by atoms with van der Waals surface area (Å²) in [5, 5.41) is 0. The minimum absolute atomic E-state index is 0.0826. The van der Waals surface area contributed by atoms with Gasteiger partial charge in [-0.2, -0.15) is 30.6 Å². The third-order valence-corrected chi connectivity index (χ3v) is 5.44. The lowest BCUT2D eigenvalue weighted by molar-refractivity contribution is -0.183. The van der Waals surface area contributed by atoms with Gasteiger partial charge in [0, 0.05) is 19.1 Å². The lowest BCUT2D eigenvalue weighted by atomic mass is 9.86. The van der Waals surface area contributed by atoms with E-state index in [1.807, 2.05) is 0 Å². The predicted molar refractivity (Wildman–Crippen MR) is 66.2 cm³/mol. The van der Waals surface area contributed by atoms with Crippen molar-refractivity contribution in [2.75, 3.05) is 26.3 Å². The molecule has 2 aliphatic rings. The fourth-order valence-electron chi connectivity index (χ4n) is 2.67. The number of alkyl halides is 3. The standard InChI is InChI=1S/C11H19F3N2O3S/c12-11(13,14)9-2-1-3-10(8-9)15-20(17,18)16-4-6-19-7-5-16/h9-10,15H,1-8H2/t9-,10-/m0/s1. The maximum atomic E-state index is 12.7. The summed E-state index contributed by atoms with van der Waals surface area (Å²) in [7, 11) is -3.72. The van der Waals surface area contributed by atoms with E-state index in [4.69, 9.17) is 4.74 Å². The van der Waals surface area contributed by atoms with E-state index in [0.717, 1.165) is 0 Å². The topological polar surface area (TPSA) is 58.6 Å². The third-order valence-electron chi connectivity index (χ3n) is 3.76. The summed E-state index contributed by atoms with van der Waals surface area (Å²) in [6.45, 7) is 1.11. The Morgan fingerprint density at radius 2 is 1.80 bits per heavy atom. The highest BCUT2D eigenvalue weighted by atomic mass is 32.2. The average Bonchev–Trinajstić information content (AvgIpc) is 2.38. The molecule has 1 aliphatic carbocycles. The molecule has 1 N–H and O–H groups in total. The number of hydrogen-bond acceptors (Lipinski definition) is 3. The maximum Gasteiger partial charge on any atom is 0.391 e. The van der Waals surface area contributed by atoms with Crippen molar-refractivity contribution in [2.45, 2.75) is 37.9 Å². The number of nitrogens with zero attached hydrogens (tertiary/aromatic N) is 1. The van der Waals surface area contributed by atoms with Gasteiger partial charge >= 0.3 is 6.18 Å². The molecule has 0 aromatic rings. The molecule has 0 amide bonds. The first-order valence-electron chi connectivity index (χ1n) is 6.71. The van der Waals surface area contributed by atoms with E-state index in [-0.39, 0.29) is 25.9 Å². The van der Waals surface area contributed by atoms with Crippen molar-refractivity contribution < 1.29 is 26.3 Å². The van der Waals surface area contributed by atoms with Gasteiger partial charge in [0.15, 0.2) is 0 Å². The van der Waals surface area contributed by atoms with Crippen molar-refractivity contribution in [1.82, 2.24) is 9.03 Å². The molecule has 2 fully saturated rings. The molecular formula is C11H19F3N2O3S. The van der Waals surface area contributed by atoms with Crippen molar-refractivity contribution in [3.63, 3.8) is 0 Å². The summed E-state index contributed by atoms with van der Waals surface area (Å²) >= 11 is 0. The van der Waals surface area contributed by atoms with Crippen LogP contribution in [-0.2, 0) is 14.9 Å². The van der Waals surface area contributed by atoms with E-state index in [1.54, 1.807) is 0 Å². The second-order valence-corrected chi connectivity index (χ2v) is 6.94. The quantitative estimate of drug-likeness (QED) is 0.853. The number of hydrogen-bond donors (Lipinski definition) is 1. The van der Waals surface area contributed by atoms with Crippen molar-refractivity contribution >= 4 is 10.2 Å². The highest BCUT2D eigenvalue weighted by molar-refractivity contribution is 7.87. The average molecular weight is 316 g/mol. The molecule has 0 aromatic heterocycles. The van der Waals surface area contributed by atoms with Crippen molar-refractivity contribution in [2.24, 2.45) is 5.92 Å². The van der Waals surface area contributed by atoms with Gasteiger partial charge in [-0.3, -0.25) is 0 Å². The van der Waals surface area contributed by atoms with Gasteiger partial charge < -0.3 is 4.74 Å². The maximum absolute atomic E-state index is 12.7. The molecule has 0 radical (unpaired) electrons. The summed E-state index contributed by atoms with van der Waals surface area (Å²) in [4.78, 5) is 0. The zero-order chi connectivity index (χ0) is 14.8. The van der Waals surface area contributed by atoms with Crippen LogP contribution in [0.5, 0.6) is 0 Å². The Morgan fingerprint density at radius 3 is 2.40 bits per heavy atom. The molecule has 5 nitrogen and oxygen atoms in total. The molecule has 1 heterocycles. The highest BCUT2D eigenvalue weighted by Crippen LogP contribution is 2.37. The van der Waals surface area contributed by atoms with Gasteiger partial charge in [-0.15, -0.1) is 0 Å². The van der Waals surface area contributed by atoms with Crippen LogP contribution in [0.2, 0.25) is 0 Å².